The average molecular weight is 294 g/mol. The Labute approximate surface area is 119 Å². The lowest BCUT2D eigenvalue weighted by molar-refractivity contribution is -0.131. The van der Waals surface area contributed by atoms with E-state index in [1.165, 1.54) is 22.3 Å². The summed E-state index contributed by atoms with van der Waals surface area (Å²) in [7, 11) is 0. The number of hydrogen-bond acceptors (Lipinski definition) is 4. The molecule has 1 aromatic rings. The van der Waals surface area contributed by atoms with E-state index in [1.807, 2.05) is 0 Å². The molecule has 0 unspecified atom stereocenters. The summed E-state index contributed by atoms with van der Waals surface area (Å²) in [5.41, 5.74) is 0. The zero-order valence-electron chi connectivity index (χ0n) is 10.7. The van der Waals surface area contributed by atoms with Crippen molar-refractivity contribution in [3.63, 3.8) is 0 Å². The minimum absolute atomic E-state index is 0.0665. The second kappa shape index (κ2) is 6.33. The Kier molecular flexibility index (Phi) is 4.52. The van der Waals surface area contributed by atoms with Crippen LogP contribution in [-0.4, -0.2) is 47.4 Å². The van der Waals surface area contributed by atoms with Crippen LogP contribution < -0.4 is 5.32 Å². The second-order valence-corrected chi connectivity index (χ2v) is 5.42. The molecule has 20 heavy (non-hydrogen) atoms. The number of carbonyl (C=O) groups excluding carboxylic acids is 2. The average Bonchev–Trinajstić information content (AvgIpc) is 2.77. The summed E-state index contributed by atoms with van der Waals surface area (Å²) in [6, 6.07) is 3.34. The molecule has 6 nitrogen and oxygen atoms in total. The highest BCUT2D eigenvalue weighted by molar-refractivity contribution is 7.14. The summed E-state index contributed by atoms with van der Waals surface area (Å²) in [6.07, 6.45) is 3.20. The number of rotatable bonds is 3. The van der Waals surface area contributed by atoms with Gasteiger partial charge in [0.15, 0.2) is 0 Å². The van der Waals surface area contributed by atoms with E-state index < -0.39 is 5.97 Å². The predicted molar refractivity (Wildman–Crippen MR) is 74.5 cm³/mol. The molecule has 0 atom stereocenters. The molecule has 0 radical (unpaired) electrons. The van der Waals surface area contributed by atoms with Crippen molar-refractivity contribution in [2.75, 3.05) is 19.6 Å². The minimum Gasteiger partial charge on any atom is -0.478 e. The van der Waals surface area contributed by atoms with Gasteiger partial charge in [-0.2, -0.15) is 0 Å². The van der Waals surface area contributed by atoms with Gasteiger partial charge in [-0.1, -0.05) is 0 Å². The molecule has 2 amide bonds. The first-order valence-electron chi connectivity index (χ1n) is 6.13. The number of amides is 2. The van der Waals surface area contributed by atoms with Gasteiger partial charge in [-0.25, -0.2) is 4.79 Å². The molecule has 0 saturated carbocycles. The van der Waals surface area contributed by atoms with Gasteiger partial charge in [-0.3, -0.25) is 9.59 Å². The molecule has 1 saturated heterocycles. The number of hydrogen-bond donors (Lipinski definition) is 2. The molecule has 0 aromatic carbocycles. The Morgan fingerprint density at radius 3 is 2.95 bits per heavy atom. The molecular formula is C13H14N2O4S. The molecule has 2 N–H and O–H groups in total. The van der Waals surface area contributed by atoms with Crippen LogP contribution in [0.3, 0.4) is 0 Å². The Hall–Kier alpha value is -2.15. The third-order valence-corrected chi connectivity index (χ3v) is 3.81. The van der Waals surface area contributed by atoms with Crippen LogP contribution in [0.4, 0.5) is 0 Å². The van der Waals surface area contributed by atoms with Crippen LogP contribution in [0.5, 0.6) is 0 Å². The zero-order chi connectivity index (χ0) is 14.5. The lowest BCUT2D eigenvalue weighted by Crippen LogP contribution is -2.37. The quantitative estimate of drug-likeness (QED) is 0.808. The predicted octanol–water partition coefficient (Wildman–Crippen LogP) is 0.808. The number of carbonyl (C=O) groups is 3. The van der Waals surface area contributed by atoms with Gasteiger partial charge >= 0.3 is 5.97 Å². The largest absolute Gasteiger partial charge is 0.478 e. The van der Waals surface area contributed by atoms with E-state index in [1.54, 1.807) is 12.1 Å². The first-order chi connectivity index (χ1) is 9.56. The van der Waals surface area contributed by atoms with E-state index in [-0.39, 0.29) is 18.4 Å². The first kappa shape index (κ1) is 14.3. The smallest absolute Gasteiger partial charge is 0.328 e. The van der Waals surface area contributed by atoms with Crippen LogP contribution in [0.15, 0.2) is 18.2 Å². The Bertz CT molecular complexity index is 564. The van der Waals surface area contributed by atoms with Gasteiger partial charge in [-0.05, 0) is 24.6 Å². The van der Waals surface area contributed by atoms with Gasteiger partial charge in [0.25, 0.3) is 5.91 Å². The third-order valence-electron chi connectivity index (χ3n) is 2.78. The standard InChI is InChI=1S/C13H14N2O4S/c16-11-8-15(7-1-6-14-11)13(19)10-4-2-9(20-10)3-5-12(17)18/h2-5H,1,6-8H2,(H,14,16)(H,17,18). The highest BCUT2D eigenvalue weighted by Gasteiger charge is 2.21. The maximum Gasteiger partial charge on any atom is 0.328 e. The lowest BCUT2D eigenvalue weighted by atomic mass is 10.3. The highest BCUT2D eigenvalue weighted by Crippen LogP contribution is 2.20. The number of aliphatic carboxylic acids is 1. The number of carboxylic acid groups (broad SMARTS) is 1. The molecule has 2 rings (SSSR count). The van der Waals surface area contributed by atoms with Crippen LogP contribution in [0, 0.1) is 0 Å². The summed E-state index contributed by atoms with van der Waals surface area (Å²) in [5, 5.41) is 11.3. The van der Waals surface area contributed by atoms with E-state index in [0.717, 1.165) is 12.5 Å². The summed E-state index contributed by atoms with van der Waals surface area (Å²) in [4.78, 5) is 36.8. The fourth-order valence-electron chi connectivity index (χ4n) is 1.85. The van der Waals surface area contributed by atoms with Gasteiger partial charge in [0, 0.05) is 24.0 Å². The summed E-state index contributed by atoms with van der Waals surface area (Å²) in [6.45, 7) is 1.19. The van der Waals surface area contributed by atoms with Gasteiger partial charge < -0.3 is 15.3 Å². The van der Waals surface area contributed by atoms with E-state index in [2.05, 4.69) is 5.32 Å². The summed E-state index contributed by atoms with van der Waals surface area (Å²) in [5.74, 6) is -1.38. The molecule has 0 spiro atoms. The van der Waals surface area contributed by atoms with Crippen molar-refractivity contribution < 1.29 is 19.5 Å². The zero-order valence-corrected chi connectivity index (χ0v) is 11.5. The maximum atomic E-state index is 12.3. The second-order valence-electron chi connectivity index (χ2n) is 4.30. The highest BCUT2D eigenvalue weighted by atomic mass is 32.1. The van der Waals surface area contributed by atoms with E-state index >= 15 is 0 Å². The van der Waals surface area contributed by atoms with Gasteiger partial charge in [0.05, 0.1) is 11.4 Å². The molecule has 1 aromatic heterocycles. The first-order valence-corrected chi connectivity index (χ1v) is 6.95. The summed E-state index contributed by atoms with van der Waals surface area (Å²) >= 11 is 1.21. The van der Waals surface area contributed by atoms with Crippen LogP contribution in [0.1, 0.15) is 21.0 Å². The maximum absolute atomic E-state index is 12.3. The molecule has 0 aliphatic carbocycles. The number of thiophene rings is 1. The van der Waals surface area contributed by atoms with E-state index in [9.17, 15) is 14.4 Å². The van der Waals surface area contributed by atoms with Crippen LogP contribution in [-0.2, 0) is 9.59 Å². The Morgan fingerprint density at radius 2 is 2.20 bits per heavy atom. The number of nitrogens with zero attached hydrogens (tertiary/aromatic N) is 1. The van der Waals surface area contributed by atoms with Crippen molar-refractivity contribution in [2.45, 2.75) is 6.42 Å². The van der Waals surface area contributed by atoms with Crippen molar-refractivity contribution in [1.82, 2.24) is 10.2 Å². The van der Waals surface area contributed by atoms with Crippen molar-refractivity contribution in [1.29, 1.82) is 0 Å². The molecule has 0 bridgehead atoms. The van der Waals surface area contributed by atoms with Gasteiger partial charge in [0.2, 0.25) is 5.91 Å². The number of carboxylic acids is 1. The third kappa shape index (κ3) is 3.67. The van der Waals surface area contributed by atoms with Crippen molar-refractivity contribution in [2.24, 2.45) is 0 Å². The molecule has 1 aliphatic heterocycles. The van der Waals surface area contributed by atoms with Crippen molar-refractivity contribution >= 4 is 35.2 Å². The lowest BCUT2D eigenvalue weighted by Gasteiger charge is -2.17. The fraction of sp³-hybridized carbons (Fsp3) is 0.308. The molecular weight excluding hydrogens is 280 g/mol. The van der Waals surface area contributed by atoms with Crippen LogP contribution >= 0.6 is 11.3 Å². The van der Waals surface area contributed by atoms with Crippen LogP contribution in [0.25, 0.3) is 6.08 Å². The normalized spacial score (nSPS) is 16.0. The molecule has 106 valence electrons. The van der Waals surface area contributed by atoms with Gasteiger partial charge in [-0.15, -0.1) is 11.3 Å². The molecule has 1 fully saturated rings. The van der Waals surface area contributed by atoms with E-state index in [0.29, 0.717) is 22.8 Å². The Balaban J connectivity index is 2.08. The molecule has 2 heterocycles. The van der Waals surface area contributed by atoms with Crippen molar-refractivity contribution in [3.8, 4) is 0 Å². The number of nitrogens with one attached hydrogen (secondary N) is 1. The molecule has 1 aliphatic rings. The Morgan fingerprint density at radius 1 is 1.40 bits per heavy atom. The summed E-state index contributed by atoms with van der Waals surface area (Å²) < 4.78 is 0. The van der Waals surface area contributed by atoms with Crippen molar-refractivity contribution in [3.05, 3.63) is 28.0 Å². The monoisotopic (exact) mass is 294 g/mol. The SMILES string of the molecule is O=C(O)C=Cc1ccc(C(=O)N2CCCNC(=O)C2)s1. The fourth-order valence-corrected chi connectivity index (χ4v) is 2.72. The van der Waals surface area contributed by atoms with E-state index in [4.69, 9.17) is 5.11 Å². The van der Waals surface area contributed by atoms with Gasteiger partial charge in [0.1, 0.15) is 0 Å². The minimum atomic E-state index is -1.03. The molecule has 7 heteroatoms. The van der Waals surface area contributed by atoms with Crippen LogP contribution in [0.2, 0.25) is 0 Å². The topological polar surface area (TPSA) is 86.7 Å².